The van der Waals surface area contributed by atoms with Crippen molar-refractivity contribution in [2.75, 3.05) is 18.4 Å². The van der Waals surface area contributed by atoms with Gasteiger partial charge in [-0.25, -0.2) is 0 Å². The number of hydrogen-bond donors (Lipinski definition) is 2. The first kappa shape index (κ1) is 21.1. The van der Waals surface area contributed by atoms with E-state index in [0.29, 0.717) is 28.0 Å². The molecule has 0 unspecified atom stereocenters. The molecule has 1 aliphatic heterocycles. The average Bonchev–Trinajstić information content (AvgIpc) is 2.64. The number of nitrogens with one attached hydrogen (secondary N) is 2. The highest BCUT2D eigenvalue weighted by molar-refractivity contribution is 5.89. The van der Waals surface area contributed by atoms with Gasteiger partial charge in [0.2, 0.25) is 0 Å². The molecule has 2 aromatic carbocycles. The third-order valence-electron chi connectivity index (χ3n) is 4.63. The molecule has 6 nitrogen and oxygen atoms in total. The number of fused-ring (bicyclic) bond motifs is 1. The second-order valence-electron chi connectivity index (χ2n) is 6.70. The van der Waals surface area contributed by atoms with Gasteiger partial charge in [0.05, 0.1) is 22.5 Å². The Labute approximate surface area is 171 Å². The van der Waals surface area contributed by atoms with Gasteiger partial charge in [0.1, 0.15) is 11.9 Å². The molecule has 1 aromatic heterocycles. The van der Waals surface area contributed by atoms with Crippen LogP contribution in [0.25, 0.3) is 10.9 Å². The van der Waals surface area contributed by atoms with Crippen molar-refractivity contribution in [3.8, 4) is 5.75 Å². The zero-order valence-electron chi connectivity index (χ0n) is 15.4. The van der Waals surface area contributed by atoms with Gasteiger partial charge in [-0.2, -0.15) is 13.2 Å². The summed E-state index contributed by atoms with van der Waals surface area (Å²) in [6, 6.07) is 10.2. The van der Waals surface area contributed by atoms with Crippen LogP contribution in [0.2, 0.25) is 0 Å². The molecular weight excluding hydrogens is 407 g/mol. The molecule has 1 atom stereocenters. The zero-order valence-corrected chi connectivity index (χ0v) is 16.2. The maximum Gasteiger partial charge on any atom is 0.416 e. The lowest BCUT2D eigenvalue weighted by Gasteiger charge is -2.27. The van der Waals surface area contributed by atoms with Gasteiger partial charge in [0, 0.05) is 13.1 Å². The third kappa shape index (κ3) is 4.68. The van der Waals surface area contributed by atoms with Crippen LogP contribution in [-0.4, -0.2) is 34.6 Å². The molecule has 0 radical (unpaired) electrons. The molecule has 29 heavy (non-hydrogen) atoms. The number of rotatable bonds is 5. The first-order valence-electron chi connectivity index (χ1n) is 8.84. The number of anilines is 1. The van der Waals surface area contributed by atoms with Crippen LogP contribution in [-0.2, 0) is 6.18 Å². The van der Waals surface area contributed by atoms with Crippen molar-refractivity contribution in [2.45, 2.75) is 25.2 Å². The summed E-state index contributed by atoms with van der Waals surface area (Å²) < 4.78 is 44.8. The number of hydrogen-bond acceptors (Lipinski definition) is 6. The maximum atomic E-state index is 13.0. The summed E-state index contributed by atoms with van der Waals surface area (Å²) in [7, 11) is 0. The minimum Gasteiger partial charge on any atom is -0.488 e. The summed E-state index contributed by atoms with van der Waals surface area (Å²) in [6.07, 6.45) is -4.26. The summed E-state index contributed by atoms with van der Waals surface area (Å²) >= 11 is 0. The second kappa shape index (κ2) is 8.38. The number of benzene rings is 2. The van der Waals surface area contributed by atoms with Crippen molar-refractivity contribution in [3.05, 3.63) is 53.6 Å². The van der Waals surface area contributed by atoms with E-state index in [0.717, 1.165) is 25.2 Å². The van der Waals surface area contributed by atoms with E-state index >= 15 is 0 Å². The first-order chi connectivity index (χ1) is 13.4. The largest absolute Gasteiger partial charge is 0.488 e. The van der Waals surface area contributed by atoms with Gasteiger partial charge < -0.3 is 15.4 Å². The fourth-order valence-corrected chi connectivity index (χ4v) is 2.95. The second-order valence-corrected chi connectivity index (χ2v) is 6.70. The van der Waals surface area contributed by atoms with Crippen molar-refractivity contribution >= 4 is 29.1 Å². The van der Waals surface area contributed by atoms with E-state index in [2.05, 4.69) is 26.0 Å². The number of ether oxygens (including phenoxy) is 1. The van der Waals surface area contributed by atoms with Gasteiger partial charge in [0.25, 0.3) is 0 Å². The predicted molar refractivity (Wildman–Crippen MR) is 105 cm³/mol. The van der Waals surface area contributed by atoms with E-state index in [1.807, 2.05) is 12.1 Å². The van der Waals surface area contributed by atoms with Crippen LogP contribution in [0.15, 0.2) is 42.5 Å². The minimum atomic E-state index is -4.39. The molecule has 0 aliphatic carbocycles. The number of halogens is 4. The monoisotopic (exact) mass is 425 g/mol. The Morgan fingerprint density at radius 1 is 1.14 bits per heavy atom. The predicted octanol–water partition coefficient (Wildman–Crippen LogP) is 3.99. The summed E-state index contributed by atoms with van der Waals surface area (Å²) in [5.41, 5.74) is 0.427. The molecule has 0 bridgehead atoms. The Balaban J connectivity index is 0.00000240. The molecule has 10 heteroatoms. The van der Waals surface area contributed by atoms with E-state index in [1.54, 1.807) is 19.1 Å². The highest BCUT2D eigenvalue weighted by Gasteiger charge is 2.30. The molecule has 1 fully saturated rings. The van der Waals surface area contributed by atoms with Crippen LogP contribution < -0.4 is 15.4 Å². The van der Waals surface area contributed by atoms with Gasteiger partial charge in [-0.15, -0.1) is 22.6 Å². The Morgan fingerprint density at radius 3 is 2.62 bits per heavy atom. The summed E-state index contributed by atoms with van der Waals surface area (Å²) in [5.74, 6) is 1.12. The molecule has 0 saturated carbocycles. The van der Waals surface area contributed by atoms with Gasteiger partial charge in [-0.05, 0) is 48.0 Å². The maximum absolute atomic E-state index is 13.0. The van der Waals surface area contributed by atoms with Gasteiger partial charge in [-0.3, -0.25) is 0 Å². The van der Waals surface area contributed by atoms with Crippen molar-refractivity contribution in [3.63, 3.8) is 0 Å². The fourth-order valence-electron chi connectivity index (χ4n) is 2.95. The topological polar surface area (TPSA) is 72.0 Å². The Hall–Kier alpha value is -2.65. The normalized spacial score (nSPS) is 15.3. The molecule has 1 saturated heterocycles. The van der Waals surface area contributed by atoms with Gasteiger partial charge >= 0.3 is 6.18 Å². The lowest BCUT2D eigenvalue weighted by atomic mass is 10.0. The van der Waals surface area contributed by atoms with Gasteiger partial charge in [-0.1, -0.05) is 12.1 Å². The molecule has 0 spiro atoms. The summed E-state index contributed by atoms with van der Waals surface area (Å²) in [5, 5.41) is 18.8. The van der Waals surface area contributed by atoms with Crippen LogP contribution in [0.5, 0.6) is 5.75 Å². The van der Waals surface area contributed by atoms with Crippen LogP contribution in [0, 0.1) is 0 Å². The highest BCUT2D eigenvalue weighted by atomic mass is 35.5. The Morgan fingerprint density at radius 2 is 1.93 bits per heavy atom. The van der Waals surface area contributed by atoms with Crippen LogP contribution >= 0.6 is 12.4 Å². The standard InChI is InChI=1S/C19H18F3N5O.ClH/c1-11(12-3-2-4-13(7-12)19(20,21)22)24-18-16-8-14(28-15-9-23-10-15)5-6-17(16)25-27-26-18;/h2-8,11,15,23H,9-10H2,1H3,(H,24,25,26);1H/t11-;/m1./s1. The van der Waals surface area contributed by atoms with E-state index in [9.17, 15) is 13.2 Å². The summed E-state index contributed by atoms with van der Waals surface area (Å²) in [6.45, 7) is 3.36. The molecule has 0 amide bonds. The zero-order chi connectivity index (χ0) is 19.7. The lowest BCUT2D eigenvalue weighted by molar-refractivity contribution is -0.137. The third-order valence-corrected chi connectivity index (χ3v) is 4.63. The van der Waals surface area contributed by atoms with Crippen molar-refractivity contribution in [1.82, 2.24) is 20.7 Å². The number of alkyl halides is 3. The number of aromatic nitrogens is 3. The van der Waals surface area contributed by atoms with Crippen molar-refractivity contribution in [1.29, 1.82) is 0 Å². The van der Waals surface area contributed by atoms with Crippen LogP contribution in [0.4, 0.5) is 19.0 Å². The Bertz CT molecular complexity index is 997. The Kier molecular flexibility index (Phi) is 6.09. The molecule has 2 heterocycles. The molecule has 3 aromatic rings. The van der Waals surface area contributed by atoms with Crippen molar-refractivity contribution < 1.29 is 17.9 Å². The molecule has 1 aliphatic rings. The van der Waals surface area contributed by atoms with E-state index in [1.165, 1.54) is 6.07 Å². The van der Waals surface area contributed by atoms with Crippen LogP contribution in [0.3, 0.4) is 0 Å². The van der Waals surface area contributed by atoms with E-state index < -0.39 is 17.8 Å². The minimum absolute atomic E-state index is 0. The van der Waals surface area contributed by atoms with E-state index in [4.69, 9.17) is 4.74 Å². The fraction of sp³-hybridized carbons (Fsp3) is 0.316. The molecule has 154 valence electrons. The highest BCUT2D eigenvalue weighted by Crippen LogP contribution is 2.32. The molecular formula is C19H19ClF3N5O. The van der Waals surface area contributed by atoms with Crippen molar-refractivity contribution in [2.24, 2.45) is 0 Å². The van der Waals surface area contributed by atoms with Crippen LogP contribution in [0.1, 0.15) is 24.1 Å². The SMILES string of the molecule is C[C@@H](Nc1nnnc2ccc(OC3CNC3)cc12)c1cccc(C(F)(F)F)c1.Cl. The molecule has 2 N–H and O–H groups in total. The molecule has 4 rings (SSSR count). The summed E-state index contributed by atoms with van der Waals surface area (Å²) in [4.78, 5) is 0. The average molecular weight is 426 g/mol. The first-order valence-corrected chi connectivity index (χ1v) is 8.84. The smallest absolute Gasteiger partial charge is 0.416 e. The van der Waals surface area contributed by atoms with E-state index in [-0.39, 0.29) is 18.5 Å². The quantitative estimate of drug-likeness (QED) is 0.644. The number of nitrogens with zero attached hydrogens (tertiary/aromatic N) is 3. The van der Waals surface area contributed by atoms with Gasteiger partial charge in [0.15, 0.2) is 5.82 Å². The lowest BCUT2D eigenvalue weighted by Crippen LogP contribution is -2.50.